The Morgan fingerprint density at radius 2 is 1.92 bits per heavy atom. The highest BCUT2D eigenvalue weighted by molar-refractivity contribution is 5.74. The maximum atomic E-state index is 12.1. The number of benzene rings is 1. The summed E-state index contributed by atoms with van der Waals surface area (Å²) in [4.78, 5) is 12.1. The molecule has 0 bridgehead atoms. The number of urea groups is 1. The molecule has 0 saturated heterocycles. The van der Waals surface area contributed by atoms with Crippen molar-refractivity contribution in [2.75, 3.05) is 26.8 Å². The molecule has 1 aliphatic carbocycles. The fraction of sp³-hybridized carbons (Fsp3) is 0.632. The van der Waals surface area contributed by atoms with E-state index in [9.17, 15) is 9.90 Å². The monoisotopic (exact) mass is 334 g/mol. The fourth-order valence-corrected chi connectivity index (χ4v) is 3.44. The number of ether oxygens (including phenoxy) is 1. The van der Waals surface area contributed by atoms with Crippen LogP contribution in [-0.4, -0.2) is 37.9 Å². The Morgan fingerprint density at radius 3 is 2.54 bits per heavy atom. The quantitative estimate of drug-likeness (QED) is 0.684. The maximum Gasteiger partial charge on any atom is 0.314 e. The van der Waals surface area contributed by atoms with Crippen LogP contribution in [-0.2, 0) is 10.3 Å². The molecule has 0 heterocycles. The Bertz CT molecular complexity index is 511. The molecule has 0 aromatic heterocycles. The van der Waals surface area contributed by atoms with Gasteiger partial charge in [-0.05, 0) is 37.2 Å². The molecule has 5 heteroatoms. The maximum absolute atomic E-state index is 12.1. The van der Waals surface area contributed by atoms with Gasteiger partial charge in [0.15, 0.2) is 0 Å². The Balaban J connectivity index is 1.80. The highest BCUT2D eigenvalue weighted by atomic mass is 16.5. The molecule has 1 unspecified atom stereocenters. The Kier molecular flexibility index (Phi) is 6.63. The first-order valence-electron chi connectivity index (χ1n) is 8.76. The number of carbonyl (C=O) groups is 1. The van der Waals surface area contributed by atoms with Gasteiger partial charge in [-0.2, -0.15) is 0 Å². The van der Waals surface area contributed by atoms with E-state index in [4.69, 9.17) is 4.74 Å². The topological polar surface area (TPSA) is 70.6 Å². The molecule has 24 heavy (non-hydrogen) atoms. The summed E-state index contributed by atoms with van der Waals surface area (Å²) < 4.78 is 5.22. The van der Waals surface area contributed by atoms with Crippen LogP contribution in [0.5, 0.6) is 0 Å². The van der Waals surface area contributed by atoms with E-state index >= 15 is 0 Å². The normalized spacial score (nSPS) is 18.8. The molecule has 5 nitrogen and oxygen atoms in total. The first kappa shape index (κ1) is 18.7. The molecule has 1 fully saturated rings. The number of hydrogen-bond donors (Lipinski definition) is 3. The Morgan fingerprint density at radius 1 is 1.25 bits per heavy atom. The third-order valence-corrected chi connectivity index (χ3v) is 5.11. The number of aliphatic hydroxyl groups is 1. The smallest absolute Gasteiger partial charge is 0.314 e. The van der Waals surface area contributed by atoms with Gasteiger partial charge in [0.2, 0.25) is 0 Å². The van der Waals surface area contributed by atoms with E-state index in [2.05, 4.69) is 10.6 Å². The minimum absolute atomic E-state index is 0.162. The molecular weight excluding hydrogens is 304 g/mol. The van der Waals surface area contributed by atoms with Gasteiger partial charge in [0.1, 0.15) is 5.60 Å². The number of nitrogens with one attached hydrogen (secondary N) is 2. The largest absolute Gasteiger partial charge is 0.385 e. The zero-order valence-corrected chi connectivity index (χ0v) is 14.8. The van der Waals surface area contributed by atoms with E-state index < -0.39 is 5.60 Å². The lowest BCUT2D eigenvalue weighted by atomic mass is 9.83. The summed E-state index contributed by atoms with van der Waals surface area (Å²) in [6.45, 7) is 3.27. The molecule has 0 radical (unpaired) electrons. The second kappa shape index (κ2) is 8.49. The average molecular weight is 334 g/mol. The molecule has 2 rings (SSSR count). The molecule has 1 atom stereocenters. The van der Waals surface area contributed by atoms with Crippen LogP contribution in [0.4, 0.5) is 4.79 Å². The summed E-state index contributed by atoms with van der Waals surface area (Å²) in [7, 11) is 1.72. The van der Waals surface area contributed by atoms with Crippen LogP contribution in [0.2, 0.25) is 0 Å². The van der Waals surface area contributed by atoms with Gasteiger partial charge in [-0.1, -0.05) is 43.2 Å². The van der Waals surface area contributed by atoms with Crippen molar-refractivity contribution in [2.45, 2.75) is 44.6 Å². The van der Waals surface area contributed by atoms with Crippen molar-refractivity contribution >= 4 is 6.03 Å². The summed E-state index contributed by atoms with van der Waals surface area (Å²) >= 11 is 0. The van der Waals surface area contributed by atoms with Crippen molar-refractivity contribution in [1.82, 2.24) is 10.6 Å². The molecule has 0 spiro atoms. The lowest BCUT2D eigenvalue weighted by Gasteiger charge is -2.29. The van der Waals surface area contributed by atoms with E-state index in [-0.39, 0.29) is 18.0 Å². The molecule has 134 valence electrons. The number of hydrogen-bond acceptors (Lipinski definition) is 3. The van der Waals surface area contributed by atoms with Gasteiger partial charge in [-0.25, -0.2) is 4.79 Å². The van der Waals surface area contributed by atoms with Crippen LogP contribution in [0.25, 0.3) is 0 Å². The molecular formula is C19H30N2O3. The van der Waals surface area contributed by atoms with Crippen molar-refractivity contribution in [3.63, 3.8) is 0 Å². The second-order valence-corrected chi connectivity index (χ2v) is 7.13. The molecule has 1 saturated carbocycles. The van der Waals surface area contributed by atoms with Crippen LogP contribution in [0, 0.1) is 5.41 Å². The summed E-state index contributed by atoms with van der Waals surface area (Å²) in [6.07, 6.45) is 5.69. The van der Waals surface area contributed by atoms with Crippen molar-refractivity contribution in [1.29, 1.82) is 0 Å². The van der Waals surface area contributed by atoms with E-state index in [1.807, 2.05) is 30.3 Å². The van der Waals surface area contributed by atoms with Crippen molar-refractivity contribution < 1.29 is 14.6 Å². The zero-order chi connectivity index (χ0) is 17.5. The van der Waals surface area contributed by atoms with Crippen LogP contribution in [0.1, 0.15) is 44.6 Å². The number of methoxy groups -OCH3 is 1. The third kappa shape index (κ3) is 5.21. The van der Waals surface area contributed by atoms with Gasteiger partial charge in [-0.3, -0.25) is 0 Å². The number of amides is 2. The molecule has 1 aromatic rings. The van der Waals surface area contributed by atoms with Gasteiger partial charge >= 0.3 is 6.03 Å². The highest BCUT2D eigenvalue weighted by Crippen LogP contribution is 2.40. The minimum Gasteiger partial charge on any atom is -0.385 e. The lowest BCUT2D eigenvalue weighted by molar-refractivity contribution is 0.0591. The summed E-state index contributed by atoms with van der Waals surface area (Å²) in [5.41, 5.74) is -0.132. The van der Waals surface area contributed by atoms with E-state index in [0.717, 1.165) is 31.4 Å². The first-order valence-corrected chi connectivity index (χ1v) is 8.76. The predicted octanol–water partition coefficient (Wildman–Crippen LogP) is 2.79. The van der Waals surface area contributed by atoms with Gasteiger partial charge in [0.05, 0.1) is 6.54 Å². The van der Waals surface area contributed by atoms with E-state index in [1.54, 1.807) is 14.0 Å². The van der Waals surface area contributed by atoms with E-state index in [0.29, 0.717) is 6.54 Å². The predicted molar refractivity (Wildman–Crippen MR) is 94.8 cm³/mol. The third-order valence-electron chi connectivity index (χ3n) is 5.11. The minimum atomic E-state index is -1.08. The second-order valence-electron chi connectivity index (χ2n) is 7.13. The Labute approximate surface area is 144 Å². The summed E-state index contributed by atoms with van der Waals surface area (Å²) in [5.74, 6) is 0. The fourth-order valence-electron chi connectivity index (χ4n) is 3.44. The molecule has 1 aromatic carbocycles. The van der Waals surface area contributed by atoms with Crippen LogP contribution < -0.4 is 10.6 Å². The van der Waals surface area contributed by atoms with Crippen LogP contribution in [0.15, 0.2) is 30.3 Å². The van der Waals surface area contributed by atoms with Crippen molar-refractivity contribution in [2.24, 2.45) is 5.41 Å². The average Bonchev–Trinajstić information content (AvgIpc) is 3.06. The molecule has 1 aliphatic rings. The van der Waals surface area contributed by atoms with Crippen molar-refractivity contribution in [3.8, 4) is 0 Å². The standard InChI is InChI=1S/C19H30N2O3/c1-18(23,16-8-4-3-5-9-16)14-20-17(22)21-15-19(12-13-24-2)10-6-7-11-19/h3-5,8-9,23H,6-7,10-15H2,1-2H3,(H2,20,21,22). The zero-order valence-electron chi connectivity index (χ0n) is 14.8. The molecule has 2 amide bonds. The first-order chi connectivity index (χ1) is 11.5. The SMILES string of the molecule is COCCC1(CNC(=O)NCC(C)(O)c2ccccc2)CCCC1. The number of rotatable bonds is 8. The van der Waals surface area contributed by atoms with Gasteiger partial charge in [-0.15, -0.1) is 0 Å². The van der Waals surface area contributed by atoms with Crippen LogP contribution in [0.3, 0.4) is 0 Å². The lowest BCUT2D eigenvalue weighted by Crippen LogP contribution is -2.46. The summed E-state index contributed by atoms with van der Waals surface area (Å²) in [6, 6.07) is 9.15. The highest BCUT2D eigenvalue weighted by Gasteiger charge is 2.34. The van der Waals surface area contributed by atoms with Crippen LogP contribution >= 0.6 is 0 Å². The van der Waals surface area contributed by atoms with Gasteiger partial charge < -0.3 is 20.5 Å². The van der Waals surface area contributed by atoms with Crippen molar-refractivity contribution in [3.05, 3.63) is 35.9 Å². The van der Waals surface area contributed by atoms with E-state index in [1.165, 1.54) is 12.8 Å². The van der Waals surface area contributed by atoms with Gasteiger partial charge in [0, 0.05) is 20.3 Å². The van der Waals surface area contributed by atoms with Gasteiger partial charge in [0.25, 0.3) is 0 Å². The molecule has 0 aliphatic heterocycles. The number of carbonyl (C=O) groups excluding carboxylic acids is 1. The molecule has 3 N–H and O–H groups in total. The Hall–Kier alpha value is -1.59. The summed E-state index contributed by atoms with van der Waals surface area (Å²) in [5, 5.41) is 16.3.